The van der Waals surface area contributed by atoms with Crippen LogP contribution in [0.3, 0.4) is 0 Å². The Labute approximate surface area is 220 Å². The number of anilines is 1. The number of hydrogen-bond acceptors (Lipinski definition) is 8. The number of benzene rings is 3. The molecule has 4 aromatic rings. The highest BCUT2D eigenvalue weighted by Gasteiger charge is 2.44. The molecule has 9 heteroatoms. The number of imidazole rings is 1. The molecule has 3 aromatic carbocycles. The maximum atomic E-state index is 10.7. The van der Waals surface area contributed by atoms with Crippen LogP contribution in [0.1, 0.15) is 24.6 Å². The largest absolute Gasteiger partial charge is 0.493 e. The molecule has 1 saturated heterocycles. The second-order valence-corrected chi connectivity index (χ2v) is 9.35. The first-order valence-electron chi connectivity index (χ1n) is 12.9. The van der Waals surface area contributed by atoms with E-state index in [1.54, 1.807) is 4.57 Å². The molecular formula is C29H33N3O6. The summed E-state index contributed by atoms with van der Waals surface area (Å²) in [6.07, 6.45) is -2.81. The van der Waals surface area contributed by atoms with E-state index in [-0.39, 0.29) is 6.61 Å². The van der Waals surface area contributed by atoms with Crippen molar-refractivity contribution in [1.82, 2.24) is 9.55 Å². The number of unbranched alkanes of at least 4 members (excludes halogenated alkanes) is 1. The quantitative estimate of drug-likeness (QED) is 0.191. The Morgan fingerprint density at radius 3 is 2.47 bits per heavy atom. The fourth-order valence-electron chi connectivity index (χ4n) is 4.75. The molecule has 4 atom stereocenters. The molecular weight excluding hydrogens is 486 g/mol. The summed E-state index contributed by atoms with van der Waals surface area (Å²) in [5.41, 5.74) is 4.44. The number of fused-ring (bicyclic) bond motifs is 1. The molecule has 38 heavy (non-hydrogen) atoms. The number of nitrogens with one attached hydrogen (secondary N) is 1. The van der Waals surface area contributed by atoms with Crippen LogP contribution in [0.5, 0.6) is 5.75 Å². The van der Waals surface area contributed by atoms with Crippen molar-refractivity contribution in [1.29, 1.82) is 0 Å². The van der Waals surface area contributed by atoms with Crippen LogP contribution in [0.2, 0.25) is 0 Å². The van der Waals surface area contributed by atoms with Crippen LogP contribution < -0.4 is 10.1 Å². The molecule has 200 valence electrons. The average molecular weight is 520 g/mol. The highest BCUT2D eigenvalue weighted by Crippen LogP contribution is 2.36. The van der Waals surface area contributed by atoms with Crippen LogP contribution in [0, 0.1) is 0 Å². The van der Waals surface area contributed by atoms with Crippen LogP contribution in [-0.2, 0) is 11.3 Å². The molecule has 0 radical (unpaired) electrons. The zero-order chi connectivity index (χ0) is 26.5. The summed E-state index contributed by atoms with van der Waals surface area (Å²) < 4.78 is 13.7. The standard InChI is InChI=1S/C29H33N3O6/c33-14-6-7-15-37-24-16-19(12-13-21(24)20-8-2-1-3-9-20)17-30-29-31-22-10-4-5-11-23(22)32(29)28-27(36)26(35)25(18-34)38-28/h1-5,8-13,16,25-28,33-36H,6-7,14-15,17-18H2,(H,30,31). The first-order valence-corrected chi connectivity index (χ1v) is 12.9. The number of para-hydroxylation sites is 2. The topological polar surface area (TPSA) is 129 Å². The second kappa shape index (κ2) is 11.9. The van der Waals surface area contributed by atoms with Crippen LogP contribution >= 0.6 is 0 Å². The lowest BCUT2D eigenvalue weighted by atomic mass is 10.0. The lowest BCUT2D eigenvalue weighted by molar-refractivity contribution is -0.0499. The Balaban J connectivity index is 1.42. The molecule has 0 spiro atoms. The lowest BCUT2D eigenvalue weighted by Gasteiger charge is -2.20. The number of ether oxygens (including phenoxy) is 2. The third-order valence-corrected chi connectivity index (χ3v) is 6.76. The summed E-state index contributed by atoms with van der Waals surface area (Å²) in [7, 11) is 0. The van der Waals surface area contributed by atoms with E-state index in [0.717, 1.165) is 34.4 Å². The fourth-order valence-corrected chi connectivity index (χ4v) is 4.75. The van der Waals surface area contributed by atoms with E-state index in [1.165, 1.54) is 0 Å². The average Bonchev–Trinajstić information content (AvgIpc) is 3.46. The number of aliphatic hydroxyl groups excluding tert-OH is 4. The van der Waals surface area contributed by atoms with E-state index >= 15 is 0 Å². The third-order valence-electron chi connectivity index (χ3n) is 6.76. The molecule has 4 unspecified atom stereocenters. The van der Waals surface area contributed by atoms with E-state index in [9.17, 15) is 15.3 Å². The van der Waals surface area contributed by atoms with E-state index in [1.807, 2.05) is 72.8 Å². The Bertz CT molecular complexity index is 1340. The molecule has 0 amide bonds. The molecule has 0 bridgehead atoms. The van der Waals surface area contributed by atoms with E-state index in [2.05, 4.69) is 5.32 Å². The number of nitrogens with zero attached hydrogens (tertiary/aromatic N) is 2. The van der Waals surface area contributed by atoms with Crippen LogP contribution in [0.4, 0.5) is 5.95 Å². The number of aliphatic hydroxyl groups is 4. The van der Waals surface area contributed by atoms with Gasteiger partial charge in [0.05, 0.1) is 24.2 Å². The fraction of sp³-hybridized carbons (Fsp3) is 0.345. The van der Waals surface area contributed by atoms with Gasteiger partial charge in [-0.05, 0) is 42.2 Å². The summed E-state index contributed by atoms with van der Waals surface area (Å²) in [6, 6.07) is 23.6. The highest BCUT2D eigenvalue weighted by atomic mass is 16.6. The summed E-state index contributed by atoms with van der Waals surface area (Å²) >= 11 is 0. The van der Waals surface area contributed by atoms with Crippen molar-refractivity contribution in [3.63, 3.8) is 0 Å². The van der Waals surface area contributed by atoms with Gasteiger partial charge in [0.25, 0.3) is 0 Å². The van der Waals surface area contributed by atoms with Crippen molar-refractivity contribution in [2.45, 2.75) is 43.9 Å². The molecule has 1 fully saturated rings. The Kier molecular flexibility index (Phi) is 8.21. The van der Waals surface area contributed by atoms with Gasteiger partial charge in [0.2, 0.25) is 5.95 Å². The van der Waals surface area contributed by atoms with Crippen molar-refractivity contribution in [3.8, 4) is 16.9 Å². The van der Waals surface area contributed by atoms with Gasteiger partial charge in [0.15, 0.2) is 6.23 Å². The van der Waals surface area contributed by atoms with Crippen molar-refractivity contribution < 1.29 is 29.9 Å². The molecule has 2 heterocycles. The van der Waals surface area contributed by atoms with Gasteiger partial charge in [0, 0.05) is 18.7 Å². The smallest absolute Gasteiger partial charge is 0.206 e. The van der Waals surface area contributed by atoms with Gasteiger partial charge in [0.1, 0.15) is 24.1 Å². The predicted octanol–water partition coefficient (Wildman–Crippen LogP) is 3.08. The van der Waals surface area contributed by atoms with Gasteiger partial charge in [-0.25, -0.2) is 4.98 Å². The highest BCUT2D eigenvalue weighted by molar-refractivity contribution is 5.79. The van der Waals surface area contributed by atoms with Crippen LogP contribution in [-0.4, -0.2) is 68.1 Å². The lowest BCUT2D eigenvalue weighted by Crippen LogP contribution is -2.33. The zero-order valence-electron chi connectivity index (χ0n) is 21.0. The van der Waals surface area contributed by atoms with Crippen molar-refractivity contribution >= 4 is 17.0 Å². The molecule has 1 aromatic heterocycles. The Morgan fingerprint density at radius 1 is 0.921 bits per heavy atom. The van der Waals surface area contributed by atoms with Crippen LogP contribution in [0.15, 0.2) is 72.8 Å². The molecule has 5 N–H and O–H groups in total. The Hall–Kier alpha value is -3.47. The third kappa shape index (κ3) is 5.38. The minimum absolute atomic E-state index is 0.134. The van der Waals surface area contributed by atoms with E-state index < -0.39 is 31.1 Å². The second-order valence-electron chi connectivity index (χ2n) is 9.35. The molecule has 0 saturated carbocycles. The zero-order valence-corrected chi connectivity index (χ0v) is 21.0. The monoisotopic (exact) mass is 519 g/mol. The van der Waals surface area contributed by atoms with Gasteiger partial charge in [-0.15, -0.1) is 0 Å². The number of rotatable bonds is 11. The molecule has 1 aliphatic rings. The predicted molar refractivity (Wildman–Crippen MR) is 144 cm³/mol. The molecule has 5 rings (SSSR count). The maximum Gasteiger partial charge on any atom is 0.206 e. The molecule has 1 aliphatic heterocycles. The maximum absolute atomic E-state index is 10.7. The van der Waals surface area contributed by atoms with Gasteiger partial charge >= 0.3 is 0 Å². The van der Waals surface area contributed by atoms with Crippen molar-refractivity contribution in [3.05, 3.63) is 78.4 Å². The molecule has 0 aliphatic carbocycles. The van der Waals surface area contributed by atoms with Gasteiger partial charge < -0.3 is 35.2 Å². The van der Waals surface area contributed by atoms with Gasteiger partial charge in [-0.2, -0.15) is 0 Å². The molecule has 9 nitrogen and oxygen atoms in total. The number of aromatic nitrogens is 2. The SMILES string of the molecule is OCCCCOc1cc(CNc2nc3ccccc3n2C2OC(CO)C(O)C2O)ccc1-c1ccccc1. The summed E-state index contributed by atoms with van der Waals surface area (Å²) in [6.45, 7) is 0.646. The first kappa shape index (κ1) is 26.1. The normalized spacial score (nSPS) is 21.2. The number of hydrogen-bond donors (Lipinski definition) is 5. The van der Waals surface area contributed by atoms with Gasteiger partial charge in [-0.3, -0.25) is 4.57 Å². The van der Waals surface area contributed by atoms with E-state index in [4.69, 9.17) is 19.6 Å². The summed E-state index contributed by atoms with van der Waals surface area (Å²) in [5.74, 6) is 1.23. The Morgan fingerprint density at radius 2 is 1.71 bits per heavy atom. The summed E-state index contributed by atoms with van der Waals surface area (Å²) in [4.78, 5) is 4.70. The van der Waals surface area contributed by atoms with Gasteiger partial charge in [-0.1, -0.05) is 54.6 Å². The van der Waals surface area contributed by atoms with Crippen molar-refractivity contribution in [2.24, 2.45) is 0 Å². The van der Waals surface area contributed by atoms with E-state index in [0.29, 0.717) is 31.0 Å². The minimum Gasteiger partial charge on any atom is -0.493 e. The van der Waals surface area contributed by atoms with Crippen molar-refractivity contribution in [2.75, 3.05) is 25.1 Å². The first-order chi connectivity index (χ1) is 18.6. The summed E-state index contributed by atoms with van der Waals surface area (Å²) in [5, 5.41) is 43.1. The minimum atomic E-state index is -1.23. The van der Waals surface area contributed by atoms with Crippen LogP contribution in [0.25, 0.3) is 22.2 Å².